The van der Waals surface area contributed by atoms with Crippen LogP contribution in [0.25, 0.3) is 0 Å². The molecule has 0 saturated heterocycles. The van der Waals surface area contributed by atoms with Gasteiger partial charge in [-0.2, -0.15) is 0 Å². The van der Waals surface area contributed by atoms with Gasteiger partial charge in [-0.25, -0.2) is 0 Å². The van der Waals surface area contributed by atoms with Gasteiger partial charge in [0.25, 0.3) is 0 Å². The van der Waals surface area contributed by atoms with Crippen LogP contribution in [0.3, 0.4) is 0 Å². The molecule has 2 heteroatoms. The average Bonchev–Trinajstić information content (AvgIpc) is 2.41. The highest BCUT2D eigenvalue weighted by Crippen LogP contribution is 2.13. The molecule has 1 radical (unpaired) electrons. The van der Waals surface area contributed by atoms with Gasteiger partial charge >= 0.3 is 0 Å². The fraction of sp³-hybridized carbons (Fsp3) is 0.250. The Kier molecular flexibility index (Phi) is 3.03. The number of hydrogen-bond acceptors (Lipinski definition) is 2. The van der Waals surface area contributed by atoms with Crippen LogP contribution in [0.1, 0.15) is 6.92 Å². The molecular formula is C8H9OS. The van der Waals surface area contributed by atoms with Crippen LogP contribution in [0.4, 0.5) is 0 Å². The Bertz CT molecular complexity index is 189. The van der Waals surface area contributed by atoms with Crippen molar-refractivity contribution in [1.29, 1.82) is 0 Å². The van der Waals surface area contributed by atoms with Crippen LogP contribution in [0.15, 0.2) is 22.9 Å². The van der Waals surface area contributed by atoms with Gasteiger partial charge in [-0.05, 0) is 6.92 Å². The zero-order chi connectivity index (χ0) is 7.23. The van der Waals surface area contributed by atoms with E-state index in [2.05, 4.69) is 6.07 Å². The van der Waals surface area contributed by atoms with Crippen molar-refractivity contribution in [2.75, 3.05) is 6.61 Å². The molecule has 0 spiro atoms. The third-order valence-electron chi connectivity index (χ3n) is 1.02. The second-order valence-corrected chi connectivity index (χ2v) is 2.50. The summed E-state index contributed by atoms with van der Waals surface area (Å²) in [6.07, 6.45) is 3.93. The molecule has 1 aromatic rings. The molecule has 0 aliphatic rings. The van der Waals surface area contributed by atoms with Crippen LogP contribution in [0.5, 0.6) is 5.75 Å². The van der Waals surface area contributed by atoms with Crippen molar-refractivity contribution < 1.29 is 4.74 Å². The summed E-state index contributed by atoms with van der Waals surface area (Å²) in [6.45, 7) is 2.62. The Hall–Kier alpha value is -0.760. The van der Waals surface area contributed by atoms with E-state index in [0.717, 1.165) is 5.75 Å². The molecule has 1 heterocycles. The van der Waals surface area contributed by atoms with Crippen LogP contribution < -0.4 is 4.74 Å². The molecule has 0 saturated carbocycles. The first-order valence-electron chi connectivity index (χ1n) is 3.11. The Balaban J connectivity index is 2.28. The van der Waals surface area contributed by atoms with Gasteiger partial charge in [-0.1, -0.05) is 12.2 Å². The first kappa shape index (κ1) is 7.35. The van der Waals surface area contributed by atoms with Gasteiger partial charge in [0.2, 0.25) is 0 Å². The van der Waals surface area contributed by atoms with E-state index in [0.29, 0.717) is 6.61 Å². The Morgan fingerprint density at radius 3 is 3.30 bits per heavy atom. The lowest BCUT2D eigenvalue weighted by molar-refractivity contribution is 0.363. The minimum atomic E-state index is 0.643. The lowest BCUT2D eigenvalue weighted by Gasteiger charge is -1.95. The largest absolute Gasteiger partial charge is 0.488 e. The second-order valence-electron chi connectivity index (χ2n) is 1.76. The predicted octanol–water partition coefficient (Wildman–Crippen LogP) is 2.50. The van der Waals surface area contributed by atoms with Crippen molar-refractivity contribution in [3.05, 3.63) is 29.0 Å². The maximum atomic E-state index is 5.25. The van der Waals surface area contributed by atoms with Crippen molar-refractivity contribution in [1.82, 2.24) is 0 Å². The molecule has 0 aliphatic heterocycles. The quantitative estimate of drug-likeness (QED) is 0.606. The summed E-state index contributed by atoms with van der Waals surface area (Å²) in [4.78, 5) is 0. The highest BCUT2D eigenvalue weighted by atomic mass is 32.1. The monoisotopic (exact) mass is 153 g/mol. The first-order valence-corrected chi connectivity index (χ1v) is 4.05. The van der Waals surface area contributed by atoms with E-state index in [4.69, 9.17) is 4.74 Å². The summed E-state index contributed by atoms with van der Waals surface area (Å²) in [5, 5.41) is 3.81. The summed E-state index contributed by atoms with van der Waals surface area (Å²) in [5.41, 5.74) is 0. The highest BCUT2D eigenvalue weighted by molar-refractivity contribution is 7.08. The normalized spacial score (nSPS) is 10.5. The van der Waals surface area contributed by atoms with Crippen molar-refractivity contribution in [3.63, 3.8) is 0 Å². The summed E-state index contributed by atoms with van der Waals surface area (Å²) in [5.74, 6) is 0.836. The molecule has 10 heavy (non-hydrogen) atoms. The second kappa shape index (κ2) is 4.12. The smallest absolute Gasteiger partial charge is 0.138 e. The van der Waals surface area contributed by atoms with Gasteiger partial charge in [0.1, 0.15) is 12.4 Å². The van der Waals surface area contributed by atoms with Crippen LogP contribution in [0, 0.1) is 6.07 Å². The van der Waals surface area contributed by atoms with Crippen molar-refractivity contribution >= 4 is 11.3 Å². The lowest BCUT2D eigenvalue weighted by atomic mass is 10.5. The SMILES string of the molecule is CC=CCOc1[c]csc1. The molecule has 0 atom stereocenters. The van der Waals surface area contributed by atoms with Crippen molar-refractivity contribution in [2.45, 2.75) is 6.92 Å². The van der Waals surface area contributed by atoms with Crippen LogP contribution >= 0.6 is 11.3 Å². The molecule has 0 aliphatic carbocycles. The van der Waals surface area contributed by atoms with E-state index in [9.17, 15) is 0 Å². The molecule has 0 amide bonds. The van der Waals surface area contributed by atoms with E-state index < -0.39 is 0 Å². The predicted molar refractivity (Wildman–Crippen MR) is 43.5 cm³/mol. The topological polar surface area (TPSA) is 9.23 Å². The van der Waals surface area contributed by atoms with E-state index in [1.807, 2.05) is 29.8 Å². The standard InChI is InChI=1S/C8H9OS/c1-2-3-5-9-8-4-6-10-7-8/h2-3,6-7H,5H2,1H3. The fourth-order valence-electron chi connectivity index (χ4n) is 0.532. The molecule has 1 rings (SSSR count). The molecule has 53 valence electrons. The summed E-state index contributed by atoms with van der Waals surface area (Å²) < 4.78 is 5.25. The summed E-state index contributed by atoms with van der Waals surface area (Å²) >= 11 is 1.59. The number of rotatable bonds is 3. The van der Waals surface area contributed by atoms with Crippen LogP contribution in [-0.2, 0) is 0 Å². The Morgan fingerprint density at radius 1 is 1.80 bits per heavy atom. The van der Waals surface area contributed by atoms with Gasteiger partial charge < -0.3 is 4.74 Å². The maximum Gasteiger partial charge on any atom is 0.138 e. The molecule has 0 aromatic carbocycles. The van der Waals surface area contributed by atoms with E-state index in [-0.39, 0.29) is 0 Å². The fourth-order valence-corrected chi connectivity index (χ4v) is 1.04. The number of ether oxygens (including phenoxy) is 1. The minimum Gasteiger partial charge on any atom is -0.488 e. The van der Waals surface area contributed by atoms with E-state index in [1.165, 1.54) is 0 Å². The van der Waals surface area contributed by atoms with Gasteiger partial charge in [0.15, 0.2) is 0 Å². The third-order valence-corrected chi connectivity index (χ3v) is 1.62. The van der Waals surface area contributed by atoms with Crippen molar-refractivity contribution in [2.24, 2.45) is 0 Å². The van der Waals surface area contributed by atoms with Gasteiger partial charge in [-0.15, -0.1) is 11.3 Å². The molecule has 0 unspecified atom stereocenters. The Morgan fingerprint density at radius 2 is 2.70 bits per heavy atom. The number of hydrogen-bond donors (Lipinski definition) is 0. The van der Waals surface area contributed by atoms with Gasteiger partial charge in [-0.3, -0.25) is 0 Å². The van der Waals surface area contributed by atoms with Crippen LogP contribution in [-0.4, -0.2) is 6.61 Å². The van der Waals surface area contributed by atoms with Gasteiger partial charge in [0.05, 0.1) is 0 Å². The average molecular weight is 153 g/mol. The van der Waals surface area contributed by atoms with E-state index in [1.54, 1.807) is 11.3 Å². The summed E-state index contributed by atoms with van der Waals surface area (Å²) in [7, 11) is 0. The molecule has 0 fully saturated rings. The molecule has 0 N–H and O–H groups in total. The zero-order valence-corrected chi connectivity index (χ0v) is 6.65. The number of thiophene rings is 1. The number of allylic oxidation sites excluding steroid dienone is 1. The molecule has 1 nitrogen and oxygen atoms in total. The molecule has 1 aromatic heterocycles. The van der Waals surface area contributed by atoms with Crippen molar-refractivity contribution in [3.8, 4) is 5.75 Å². The van der Waals surface area contributed by atoms with Gasteiger partial charge in [0, 0.05) is 16.8 Å². The zero-order valence-electron chi connectivity index (χ0n) is 5.83. The summed E-state index contributed by atoms with van der Waals surface area (Å²) in [6, 6.07) is 2.96. The van der Waals surface area contributed by atoms with E-state index >= 15 is 0 Å². The minimum absolute atomic E-state index is 0.643. The molecule has 0 bridgehead atoms. The first-order chi connectivity index (χ1) is 4.93. The lowest BCUT2D eigenvalue weighted by Crippen LogP contribution is -1.90. The Labute approximate surface area is 65.0 Å². The van der Waals surface area contributed by atoms with Crippen LogP contribution in [0.2, 0.25) is 0 Å². The molecular weight excluding hydrogens is 144 g/mol. The highest BCUT2D eigenvalue weighted by Gasteiger charge is 1.88. The third kappa shape index (κ3) is 2.23. The maximum absolute atomic E-state index is 5.25.